The largest absolute Gasteiger partial charge is 0.618 e. The molecule has 2 aromatic rings. The number of hydrogen-bond donors (Lipinski definition) is 0. The van der Waals surface area contributed by atoms with Crippen LogP contribution in [0.4, 0.5) is 0 Å². The maximum atomic E-state index is 11.8. The average molecular weight is 291 g/mol. The van der Waals surface area contributed by atoms with Gasteiger partial charge in [0.05, 0.1) is 0 Å². The molecule has 19 heavy (non-hydrogen) atoms. The van der Waals surface area contributed by atoms with Crippen molar-refractivity contribution >= 4 is 21.6 Å². The Balaban J connectivity index is 2.24. The number of aryl methyl sites for hydroxylation is 4. The molecule has 0 aliphatic carbocycles. The SMILES string of the molecule is Cc1cc(C)c(SSc2c(C)ccc[n+]2[O-])c(C)c1. The molecule has 1 aromatic heterocycles. The molecule has 0 spiro atoms. The number of benzene rings is 1. The molecular formula is C15H17NOS2. The highest BCUT2D eigenvalue weighted by Gasteiger charge is 2.13. The molecule has 1 aromatic carbocycles. The van der Waals surface area contributed by atoms with Crippen LogP contribution in [0.3, 0.4) is 0 Å². The molecule has 0 atom stereocenters. The monoisotopic (exact) mass is 291 g/mol. The van der Waals surface area contributed by atoms with E-state index in [1.807, 2.05) is 13.0 Å². The quantitative estimate of drug-likeness (QED) is 0.478. The van der Waals surface area contributed by atoms with Crippen LogP contribution in [0.2, 0.25) is 0 Å². The number of hydrogen-bond acceptors (Lipinski definition) is 3. The van der Waals surface area contributed by atoms with Crippen molar-refractivity contribution in [3.63, 3.8) is 0 Å². The Morgan fingerprint density at radius 1 is 0.947 bits per heavy atom. The first-order valence-corrected chi connectivity index (χ1v) is 8.25. The Bertz CT molecular complexity index is 568. The predicted octanol–water partition coefficient (Wildman–Crippen LogP) is 4.35. The molecule has 4 heteroatoms. The van der Waals surface area contributed by atoms with Gasteiger partial charge < -0.3 is 5.21 Å². The van der Waals surface area contributed by atoms with Gasteiger partial charge in [0.25, 0.3) is 5.03 Å². The van der Waals surface area contributed by atoms with E-state index in [-0.39, 0.29) is 0 Å². The minimum atomic E-state index is 0.756. The molecule has 0 radical (unpaired) electrons. The first-order chi connectivity index (χ1) is 8.99. The molecule has 0 N–H and O–H groups in total. The smallest absolute Gasteiger partial charge is 0.265 e. The average Bonchev–Trinajstić information content (AvgIpc) is 2.31. The molecular weight excluding hydrogens is 274 g/mol. The highest BCUT2D eigenvalue weighted by atomic mass is 33.1. The van der Waals surface area contributed by atoms with Gasteiger partial charge in [0.1, 0.15) is 0 Å². The minimum absolute atomic E-state index is 0.756. The van der Waals surface area contributed by atoms with E-state index >= 15 is 0 Å². The zero-order chi connectivity index (χ0) is 14.0. The molecule has 0 fully saturated rings. The van der Waals surface area contributed by atoms with Gasteiger partial charge in [-0.15, -0.1) is 0 Å². The van der Waals surface area contributed by atoms with Crippen LogP contribution in [0.5, 0.6) is 0 Å². The molecule has 1 heterocycles. The Hall–Kier alpha value is -1.13. The summed E-state index contributed by atoms with van der Waals surface area (Å²) >= 11 is 0. The summed E-state index contributed by atoms with van der Waals surface area (Å²) in [5, 5.41) is 12.5. The fourth-order valence-electron chi connectivity index (χ4n) is 2.06. The van der Waals surface area contributed by atoms with Gasteiger partial charge in [0, 0.05) is 27.3 Å². The van der Waals surface area contributed by atoms with Crippen molar-refractivity contribution in [1.82, 2.24) is 0 Å². The lowest BCUT2D eigenvalue weighted by Gasteiger charge is -2.10. The van der Waals surface area contributed by atoms with Gasteiger partial charge >= 0.3 is 0 Å². The van der Waals surface area contributed by atoms with Gasteiger partial charge in [-0.25, -0.2) is 0 Å². The lowest BCUT2D eigenvalue weighted by Crippen LogP contribution is -2.28. The van der Waals surface area contributed by atoms with E-state index in [1.54, 1.807) is 23.1 Å². The van der Waals surface area contributed by atoms with Crippen LogP contribution >= 0.6 is 21.6 Å². The van der Waals surface area contributed by atoms with Gasteiger partial charge in [0.2, 0.25) is 0 Å². The molecule has 0 saturated heterocycles. The van der Waals surface area contributed by atoms with E-state index in [0.29, 0.717) is 0 Å². The van der Waals surface area contributed by atoms with E-state index in [2.05, 4.69) is 32.9 Å². The Morgan fingerprint density at radius 2 is 1.58 bits per heavy atom. The maximum Gasteiger partial charge on any atom is 0.265 e. The molecule has 2 rings (SSSR count). The summed E-state index contributed by atoms with van der Waals surface area (Å²) in [5.41, 5.74) is 4.82. The van der Waals surface area contributed by atoms with Gasteiger partial charge in [-0.3, -0.25) is 0 Å². The highest BCUT2D eigenvalue weighted by Crippen LogP contribution is 2.40. The van der Waals surface area contributed by atoms with Crippen molar-refractivity contribution in [3.05, 3.63) is 57.9 Å². The summed E-state index contributed by atoms with van der Waals surface area (Å²) in [6, 6.07) is 8.10. The summed E-state index contributed by atoms with van der Waals surface area (Å²) in [6.07, 6.45) is 1.55. The third-order valence-electron chi connectivity index (χ3n) is 2.91. The Morgan fingerprint density at radius 3 is 2.16 bits per heavy atom. The third-order valence-corrected chi connectivity index (χ3v) is 5.69. The zero-order valence-electron chi connectivity index (χ0n) is 11.6. The number of pyridine rings is 1. The zero-order valence-corrected chi connectivity index (χ0v) is 13.2. The molecule has 0 aliphatic rings. The first-order valence-electron chi connectivity index (χ1n) is 6.10. The van der Waals surface area contributed by atoms with E-state index in [0.717, 1.165) is 15.3 Å². The van der Waals surface area contributed by atoms with Gasteiger partial charge in [0.15, 0.2) is 6.20 Å². The lowest BCUT2D eigenvalue weighted by molar-refractivity contribution is -0.645. The van der Waals surface area contributed by atoms with Crippen molar-refractivity contribution in [1.29, 1.82) is 0 Å². The third kappa shape index (κ3) is 3.25. The van der Waals surface area contributed by atoms with Crippen molar-refractivity contribution in [2.24, 2.45) is 0 Å². The second kappa shape index (κ2) is 5.88. The molecule has 100 valence electrons. The van der Waals surface area contributed by atoms with Crippen LogP contribution < -0.4 is 4.73 Å². The van der Waals surface area contributed by atoms with Gasteiger partial charge in [-0.2, -0.15) is 4.73 Å². The molecule has 0 aliphatic heterocycles. The number of nitrogens with zero attached hydrogens (tertiary/aromatic N) is 1. The topological polar surface area (TPSA) is 26.9 Å². The van der Waals surface area contributed by atoms with Crippen LogP contribution in [-0.4, -0.2) is 0 Å². The van der Waals surface area contributed by atoms with Crippen LogP contribution in [0.25, 0.3) is 0 Å². The molecule has 0 bridgehead atoms. The standard InChI is InChI=1S/C15H17NOS2/c1-10-8-12(3)14(13(4)9-10)18-19-15-11(2)6-5-7-16(15)17/h5-9H,1-4H3. The van der Waals surface area contributed by atoms with E-state index in [4.69, 9.17) is 0 Å². The normalized spacial score (nSPS) is 10.7. The highest BCUT2D eigenvalue weighted by molar-refractivity contribution is 8.76. The predicted molar refractivity (Wildman–Crippen MR) is 82.5 cm³/mol. The summed E-state index contributed by atoms with van der Waals surface area (Å²) in [5.74, 6) is 0. The molecule has 2 nitrogen and oxygen atoms in total. The second-order valence-corrected chi connectivity index (χ2v) is 6.84. The Labute approximate surface area is 122 Å². The van der Waals surface area contributed by atoms with E-state index in [9.17, 15) is 5.21 Å². The van der Waals surface area contributed by atoms with Gasteiger partial charge in [-0.05, 0) is 55.7 Å². The summed E-state index contributed by atoms with van der Waals surface area (Å²) in [4.78, 5) is 1.25. The minimum Gasteiger partial charge on any atom is -0.618 e. The molecule has 0 amide bonds. The fourth-order valence-corrected chi connectivity index (χ4v) is 4.83. The second-order valence-electron chi connectivity index (χ2n) is 4.72. The fraction of sp³-hybridized carbons (Fsp3) is 0.267. The Kier molecular flexibility index (Phi) is 4.42. The van der Waals surface area contributed by atoms with Crippen molar-refractivity contribution in [2.75, 3.05) is 0 Å². The summed E-state index contributed by atoms with van der Waals surface area (Å²) in [6.45, 7) is 8.30. The number of aromatic nitrogens is 1. The lowest BCUT2D eigenvalue weighted by atomic mass is 10.1. The molecule has 0 saturated carbocycles. The summed E-state index contributed by atoms with van der Waals surface area (Å²) in [7, 11) is 3.19. The van der Waals surface area contributed by atoms with Crippen molar-refractivity contribution < 1.29 is 4.73 Å². The van der Waals surface area contributed by atoms with E-state index in [1.165, 1.54) is 32.4 Å². The van der Waals surface area contributed by atoms with Crippen LogP contribution in [-0.2, 0) is 0 Å². The number of rotatable bonds is 3. The van der Waals surface area contributed by atoms with Crippen molar-refractivity contribution in [3.8, 4) is 0 Å². The van der Waals surface area contributed by atoms with Crippen LogP contribution in [0, 0.1) is 32.9 Å². The van der Waals surface area contributed by atoms with Crippen LogP contribution in [0.1, 0.15) is 22.3 Å². The first kappa shape index (κ1) is 14.3. The summed E-state index contributed by atoms with van der Waals surface area (Å²) < 4.78 is 0.936. The van der Waals surface area contributed by atoms with E-state index < -0.39 is 0 Å². The molecule has 0 unspecified atom stereocenters. The van der Waals surface area contributed by atoms with Gasteiger partial charge in [-0.1, -0.05) is 17.7 Å². The maximum absolute atomic E-state index is 11.8. The van der Waals surface area contributed by atoms with Crippen molar-refractivity contribution in [2.45, 2.75) is 37.6 Å². The van der Waals surface area contributed by atoms with Crippen LogP contribution in [0.15, 0.2) is 40.4 Å².